The van der Waals surface area contributed by atoms with Crippen molar-refractivity contribution < 1.29 is 24.5 Å². The van der Waals surface area contributed by atoms with E-state index in [1.165, 1.54) is 7.11 Å². The van der Waals surface area contributed by atoms with Gasteiger partial charge in [0.05, 0.1) is 16.5 Å². The quantitative estimate of drug-likeness (QED) is 0.589. The van der Waals surface area contributed by atoms with Crippen LogP contribution in [0, 0.1) is 0 Å². The number of aromatic hydroxyl groups is 1. The number of hydrogen-bond acceptors (Lipinski definition) is 6. The average molecular weight is 404 g/mol. The van der Waals surface area contributed by atoms with Crippen LogP contribution in [0.3, 0.4) is 0 Å². The van der Waals surface area contributed by atoms with Gasteiger partial charge in [0.15, 0.2) is 11.5 Å². The first-order valence-corrected chi connectivity index (χ1v) is 7.89. The summed E-state index contributed by atoms with van der Waals surface area (Å²) in [5.74, 6) is -1.38. The summed E-state index contributed by atoms with van der Waals surface area (Å²) in [5.41, 5.74) is 0.609. The van der Waals surface area contributed by atoms with Crippen molar-refractivity contribution in [3.8, 4) is 11.5 Å². The first-order valence-electron chi connectivity index (χ1n) is 5.87. The van der Waals surface area contributed by atoms with Gasteiger partial charge in [0, 0.05) is 0 Å². The Bertz CT molecular complexity index is 704. The standard InChI is InChI=1S/C13H10BrNO5S2/c1-20-8-3-6(2-7(14)11(8)18)4-9-12(19)15(5-10(16)17)13(21)22-9/h2-4,18H,5H2,1H3,(H,16,17). The van der Waals surface area contributed by atoms with Crippen molar-refractivity contribution in [1.29, 1.82) is 0 Å². The number of ether oxygens (including phenoxy) is 1. The maximum atomic E-state index is 12.2. The number of aliphatic carboxylic acids is 1. The number of thiocarbonyl (C=S) groups is 1. The SMILES string of the molecule is COc1cc(C=C2SC(=S)N(CC(=O)O)C2=O)cc(Br)c1O. The number of benzene rings is 1. The third kappa shape index (κ3) is 3.42. The van der Waals surface area contributed by atoms with E-state index in [1.807, 2.05) is 0 Å². The van der Waals surface area contributed by atoms with Gasteiger partial charge >= 0.3 is 5.97 Å². The molecule has 1 aliphatic heterocycles. The normalized spacial score (nSPS) is 16.5. The second-order valence-corrected chi connectivity index (χ2v) is 6.75. The Morgan fingerprint density at radius 2 is 2.23 bits per heavy atom. The van der Waals surface area contributed by atoms with Crippen LogP contribution in [-0.2, 0) is 9.59 Å². The number of hydrogen-bond donors (Lipinski definition) is 2. The van der Waals surface area contributed by atoms with Crippen LogP contribution in [0.4, 0.5) is 0 Å². The molecular weight excluding hydrogens is 394 g/mol. The van der Waals surface area contributed by atoms with Crippen molar-refractivity contribution >= 4 is 62.2 Å². The van der Waals surface area contributed by atoms with E-state index in [-0.39, 0.29) is 15.8 Å². The van der Waals surface area contributed by atoms with Crippen molar-refractivity contribution in [2.75, 3.05) is 13.7 Å². The molecule has 6 nitrogen and oxygen atoms in total. The number of carbonyl (C=O) groups is 2. The van der Waals surface area contributed by atoms with Gasteiger partial charge < -0.3 is 14.9 Å². The lowest BCUT2D eigenvalue weighted by molar-refractivity contribution is -0.140. The summed E-state index contributed by atoms with van der Waals surface area (Å²) >= 11 is 9.24. The molecule has 1 aliphatic rings. The second-order valence-electron chi connectivity index (χ2n) is 4.22. The number of phenolic OH excluding ortho intramolecular Hbond substituents is 1. The number of nitrogens with zero attached hydrogens (tertiary/aromatic N) is 1. The van der Waals surface area contributed by atoms with Crippen LogP contribution in [0.2, 0.25) is 0 Å². The summed E-state index contributed by atoms with van der Waals surface area (Å²) in [5, 5.41) is 18.5. The third-order valence-corrected chi connectivity index (χ3v) is 4.72. The molecular formula is C13H10BrNO5S2. The van der Waals surface area contributed by atoms with E-state index in [0.717, 1.165) is 16.7 Å². The second kappa shape index (κ2) is 6.67. The number of rotatable bonds is 4. The van der Waals surface area contributed by atoms with Gasteiger partial charge in [-0.3, -0.25) is 14.5 Å². The Kier molecular flexibility index (Phi) is 5.09. The Morgan fingerprint density at radius 1 is 1.55 bits per heavy atom. The van der Waals surface area contributed by atoms with Crippen LogP contribution in [0.5, 0.6) is 11.5 Å². The number of halogens is 1. The molecule has 0 atom stereocenters. The van der Waals surface area contributed by atoms with E-state index >= 15 is 0 Å². The minimum Gasteiger partial charge on any atom is -0.503 e. The number of thioether (sulfide) groups is 1. The van der Waals surface area contributed by atoms with Crippen molar-refractivity contribution in [2.45, 2.75) is 0 Å². The largest absolute Gasteiger partial charge is 0.503 e. The number of phenols is 1. The first-order chi connectivity index (χ1) is 10.3. The summed E-state index contributed by atoms with van der Waals surface area (Å²) in [4.78, 5) is 24.2. The smallest absolute Gasteiger partial charge is 0.323 e. The monoisotopic (exact) mass is 403 g/mol. The Balaban J connectivity index is 2.34. The van der Waals surface area contributed by atoms with E-state index in [1.54, 1.807) is 18.2 Å². The van der Waals surface area contributed by atoms with E-state index in [4.69, 9.17) is 22.1 Å². The molecule has 1 saturated heterocycles. The molecule has 116 valence electrons. The van der Waals surface area contributed by atoms with Crippen molar-refractivity contribution in [2.24, 2.45) is 0 Å². The third-order valence-electron chi connectivity index (χ3n) is 2.74. The summed E-state index contributed by atoms with van der Waals surface area (Å²) in [6.07, 6.45) is 1.56. The molecule has 22 heavy (non-hydrogen) atoms. The average Bonchev–Trinajstić information content (AvgIpc) is 2.70. The number of amides is 1. The molecule has 0 radical (unpaired) electrons. The summed E-state index contributed by atoms with van der Waals surface area (Å²) in [6, 6.07) is 3.17. The molecule has 1 heterocycles. The number of methoxy groups -OCH3 is 1. The lowest BCUT2D eigenvalue weighted by atomic mass is 10.2. The molecule has 1 aromatic carbocycles. The zero-order valence-electron chi connectivity index (χ0n) is 11.2. The Hall–Kier alpha value is -1.58. The lowest BCUT2D eigenvalue weighted by Crippen LogP contribution is -2.33. The number of carbonyl (C=O) groups excluding carboxylic acids is 1. The molecule has 0 aromatic heterocycles. The first kappa shape index (κ1) is 16.8. The molecule has 1 amide bonds. The highest BCUT2D eigenvalue weighted by Crippen LogP contribution is 2.38. The highest BCUT2D eigenvalue weighted by atomic mass is 79.9. The van der Waals surface area contributed by atoms with Gasteiger partial charge in [-0.05, 0) is 39.7 Å². The highest BCUT2D eigenvalue weighted by molar-refractivity contribution is 9.10. The van der Waals surface area contributed by atoms with Crippen molar-refractivity contribution in [1.82, 2.24) is 4.90 Å². The van der Waals surface area contributed by atoms with Crippen LogP contribution < -0.4 is 4.74 Å². The molecule has 0 saturated carbocycles. The predicted molar refractivity (Wildman–Crippen MR) is 89.9 cm³/mol. The van der Waals surface area contributed by atoms with Gasteiger partial charge in [0.25, 0.3) is 5.91 Å². The van der Waals surface area contributed by atoms with Crippen LogP contribution in [-0.4, -0.2) is 45.0 Å². The van der Waals surface area contributed by atoms with Gasteiger partial charge in [-0.15, -0.1) is 0 Å². The van der Waals surface area contributed by atoms with E-state index in [0.29, 0.717) is 14.9 Å². The fourth-order valence-electron chi connectivity index (χ4n) is 1.76. The molecule has 1 aromatic rings. The van der Waals surface area contributed by atoms with Crippen molar-refractivity contribution in [3.63, 3.8) is 0 Å². The van der Waals surface area contributed by atoms with Gasteiger partial charge in [-0.1, -0.05) is 24.0 Å². The molecule has 2 rings (SSSR count). The van der Waals surface area contributed by atoms with E-state index < -0.39 is 18.4 Å². The minimum absolute atomic E-state index is 0.0434. The van der Waals surface area contributed by atoms with Crippen LogP contribution in [0.1, 0.15) is 5.56 Å². The molecule has 1 fully saturated rings. The summed E-state index contributed by atoms with van der Waals surface area (Å²) in [7, 11) is 1.41. The predicted octanol–water partition coefficient (Wildman–Crippen LogP) is 2.45. The van der Waals surface area contributed by atoms with Crippen molar-refractivity contribution in [3.05, 3.63) is 27.1 Å². The fourth-order valence-corrected chi connectivity index (χ4v) is 3.47. The van der Waals surface area contributed by atoms with Gasteiger partial charge in [0.1, 0.15) is 10.9 Å². The van der Waals surface area contributed by atoms with E-state index in [9.17, 15) is 14.7 Å². The maximum absolute atomic E-state index is 12.2. The molecule has 0 spiro atoms. The molecule has 0 aliphatic carbocycles. The lowest BCUT2D eigenvalue weighted by Gasteiger charge is -2.10. The van der Waals surface area contributed by atoms with Gasteiger partial charge in [0.2, 0.25) is 0 Å². The van der Waals surface area contributed by atoms with Crippen LogP contribution in [0.25, 0.3) is 6.08 Å². The highest BCUT2D eigenvalue weighted by Gasteiger charge is 2.33. The Labute approximate surface area is 143 Å². The fraction of sp³-hybridized carbons (Fsp3) is 0.154. The maximum Gasteiger partial charge on any atom is 0.323 e. The van der Waals surface area contributed by atoms with Gasteiger partial charge in [-0.25, -0.2) is 0 Å². The topological polar surface area (TPSA) is 87.1 Å². The zero-order chi connectivity index (χ0) is 16.4. The molecule has 0 unspecified atom stereocenters. The van der Waals surface area contributed by atoms with Crippen LogP contribution in [0.15, 0.2) is 21.5 Å². The Morgan fingerprint density at radius 3 is 2.82 bits per heavy atom. The zero-order valence-corrected chi connectivity index (χ0v) is 14.4. The number of carboxylic acid groups (broad SMARTS) is 1. The molecule has 2 N–H and O–H groups in total. The van der Waals surface area contributed by atoms with Gasteiger partial charge in [-0.2, -0.15) is 0 Å². The molecule has 0 bridgehead atoms. The van der Waals surface area contributed by atoms with E-state index in [2.05, 4.69) is 15.9 Å². The summed E-state index contributed by atoms with van der Waals surface area (Å²) in [6.45, 7) is -0.468. The van der Waals surface area contributed by atoms with Crippen LogP contribution >= 0.6 is 39.9 Å². The molecule has 9 heteroatoms. The number of carboxylic acids is 1. The summed E-state index contributed by atoms with van der Waals surface area (Å²) < 4.78 is 5.65. The minimum atomic E-state index is -1.13.